The molecule has 46 heavy (non-hydrogen) atoms. The van der Waals surface area contributed by atoms with Crippen LogP contribution in [0.5, 0.6) is 5.75 Å². The Morgan fingerprint density at radius 3 is 2.24 bits per heavy atom. The van der Waals surface area contributed by atoms with Crippen LogP contribution in [0.3, 0.4) is 0 Å². The van der Waals surface area contributed by atoms with E-state index in [-0.39, 0.29) is 35.3 Å². The number of aromatic amines is 1. The van der Waals surface area contributed by atoms with Gasteiger partial charge in [0.1, 0.15) is 12.4 Å². The summed E-state index contributed by atoms with van der Waals surface area (Å²) in [6, 6.07) is 20.0. The number of nitrogens with one attached hydrogen (secondary N) is 3. The SMILES string of the molecule is COC(=O)c1ccc(NC(=O)CSc2nc3ccc(NC(=O)CSc4n[nH]c(COc5ccc(C(C)(C)C)cc5)n4)cc3s2)cc1. The summed E-state index contributed by atoms with van der Waals surface area (Å²) < 4.78 is 12.1. The third-order valence-corrected chi connectivity index (χ3v) is 9.52. The van der Waals surface area contributed by atoms with Crippen molar-refractivity contribution in [2.45, 2.75) is 42.3 Å². The highest BCUT2D eigenvalue weighted by Crippen LogP contribution is 2.31. The maximum Gasteiger partial charge on any atom is 0.337 e. The number of carbonyl (C=O) groups is 3. The number of anilines is 2. The molecule has 2 aromatic heterocycles. The zero-order valence-electron chi connectivity index (χ0n) is 25.6. The Morgan fingerprint density at radius 1 is 0.870 bits per heavy atom. The predicted octanol–water partition coefficient (Wildman–Crippen LogP) is 6.54. The van der Waals surface area contributed by atoms with Crippen LogP contribution in [0.4, 0.5) is 11.4 Å². The summed E-state index contributed by atoms with van der Waals surface area (Å²) in [5.41, 5.74) is 3.71. The summed E-state index contributed by atoms with van der Waals surface area (Å²) in [6.07, 6.45) is 0. The van der Waals surface area contributed by atoms with E-state index >= 15 is 0 Å². The number of hydrogen-bond acceptors (Lipinski definition) is 11. The van der Waals surface area contributed by atoms with Gasteiger partial charge in [-0.15, -0.1) is 16.4 Å². The van der Waals surface area contributed by atoms with E-state index in [0.717, 1.165) is 20.3 Å². The second-order valence-electron chi connectivity index (χ2n) is 11.0. The summed E-state index contributed by atoms with van der Waals surface area (Å²) >= 11 is 3.98. The quantitative estimate of drug-likeness (QED) is 0.0983. The summed E-state index contributed by atoms with van der Waals surface area (Å²) in [5.74, 6) is 0.783. The van der Waals surface area contributed by atoms with Crippen molar-refractivity contribution in [2.24, 2.45) is 0 Å². The molecule has 3 aromatic carbocycles. The molecule has 0 aliphatic heterocycles. The van der Waals surface area contributed by atoms with Crippen molar-refractivity contribution in [1.82, 2.24) is 20.2 Å². The molecule has 0 radical (unpaired) electrons. The third-order valence-electron chi connectivity index (χ3n) is 6.51. The van der Waals surface area contributed by atoms with Gasteiger partial charge < -0.3 is 20.1 Å². The zero-order valence-corrected chi connectivity index (χ0v) is 28.0. The highest BCUT2D eigenvalue weighted by Gasteiger charge is 2.14. The van der Waals surface area contributed by atoms with Crippen LogP contribution in [0.15, 0.2) is 76.2 Å². The molecule has 0 spiro atoms. The maximum absolute atomic E-state index is 12.6. The molecule has 0 bridgehead atoms. The molecular weight excluding hydrogens is 645 g/mol. The summed E-state index contributed by atoms with van der Waals surface area (Å²) in [4.78, 5) is 45.6. The van der Waals surface area contributed by atoms with Crippen molar-refractivity contribution in [1.29, 1.82) is 0 Å². The fourth-order valence-corrected chi connectivity index (χ4v) is 6.64. The van der Waals surface area contributed by atoms with Crippen LogP contribution in [-0.4, -0.2) is 56.6 Å². The Balaban J connectivity index is 1.06. The minimum atomic E-state index is -0.438. The Kier molecular flexibility index (Phi) is 10.6. The van der Waals surface area contributed by atoms with Gasteiger partial charge >= 0.3 is 5.97 Å². The molecule has 238 valence electrons. The predicted molar refractivity (Wildman–Crippen MR) is 182 cm³/mol. The molecule has 11 nitrogen and oxygen atoms in total. The number of esters is 1. The molecule has 2 heterocycles. The molecule has 0 aliphatic rings. The second-order valence-corrected chi connectivity index (χ2v) is 14.2. The molecular formula is C32H32N6O5S3. The summed E-state index contributed by atoms with van der Waals surface area (Å²) in [7, 11) is 1.32. The van der Waals surface area contributed by atoms with Crippen molar-refractivity contribution in [3.8, 4) is 5.75 Å². The summed E-state index contributed by atoms with van der Waals surface area (Å²) in [6.45, 7) is 6.73. The third kappa shape index (κ3) is 9.08. The largest absolute Gasteiger partial charge is 0.486 e. The van der Waals surface area contributed by atoms with Crippen molar-refractivity contribution >= 4 is 74.2 Å². The van der Waals surface area contributed by atoms with Gasteiger partial charge in [0.05, 0.1) is 34.4 Å². The number of methoxy groups -OCH3 is 1. The molecule has 5 rings (SSSR count). The van der Waals surface area contributed by atoms with E-state index < -0.39 is 5.97 Å². The van der Waals surface area contributed by atoms with E-state index in [4.69, 9.17) is 4.74 Å². The highest BCUT2D eigenvalue weighted by atomic mass is 32.2. The molecule has 5 aromatic rings. The zero-order chi connectivity index (χ0) is 32.7. The van der Waals surface area contributed by atoms with Crippen molar-refractivity contribution < 1.29 is 23.9 Å². The van der Waals surface area contributed by atoms with Crippen molar-refractivity contribution in [3.63, 3.8) is 0 Å². The lowest BCUT2D eigenvalue weighted by atomic mass is 9.87. The number of carbonyl (C=O) groups excluding carboxylic acids is 3. The van der Waals surface area contributed by atoms with Crippen molar-refractivity contribution in [2.75, 3.05) is 29.2 Å². The molecule has 14 heteroatoms. The minimum absolute atomic E-state index is 0.0750. The van der Waals surface area contributed by atoms with Crippen LogP contribution in [0.25, 0.3) is 10.2 Å². The first-order valence-electron chi connectivity index (χ1n) is 14.1. The van der Waals surface area contributed by atoms with Crippen LogP contribution < -0.4 is 15.4 Å². The van der Waals surface area contributed by atoms with E-state index in [1.807, 2.05) is 24.3 Å². The fraction of sp³-hybridized carbons (Fsp3) is 0.250. The Labute approximate surface area is 278 Å². The van der Waals surface area contributed by atoms with Gasteiger partial charge in [-0.05, 0) is 65.6 Å². The fourth-order valence-electron chi connectivity index (χ4n) is 4.11. The Hall–Kier alpha value is -4.40. The molecule has 0 saturated heterocycles. The lowest BCUT2D eigenvalue weighted by Crippen LogP contribution is -2.14. The maximum atomic E-state index is 12.6. The van der Waals surface area contributed by atoms with Crippen LogP contribution in [-0.2, 0) is 26.3 Å². The Morgan fingerprint density at radius 2 is 1.54 bits per heavy atom. The van der Waals surface area contributed by atoms with Gasteiger partial charge in [0.25, 0.3) is 0 Å². The normalized spacial score (nSPS) is 11.3. The number of aromatic nitrogens is 4. The molecule has 2 amide bonds. The van der Waals surface area contributed by atoms with Gasteiger partial charge in [-0.1, -0.05) is 56.4 Å². The minimum Gasteiger partial charge on any atom is -0.486 e. The molecule has 0 unspecified atom stereocenters. The van der Waals surface area contributed by atoms with Gasteiger partial charge in [-0.3, -0.25) is 14.7 Å². The van der Waals surface area contributed by atoms with E-state index in [0.29, 0.717) is 27.9 Å². The number of H-pyrrole nitrogens is 1. The van der Waals surface area contributed by atoms with E-state index in [9.17, 15) is 14.4 Å². The van der Waals surface area contributed by atoms with Crippen LogP contribution >= 0.6 is 34.9 Å². The monoisotopic (exact) mass is 676 g/mol. The first-order chi connectivity index (χ1) is 22.1. The number of rotatable bonds is 12. The van der Waals surface area contributed by atoms with Crippen molar-refractivity contribution in [3.05, 3.63) is 83.7 Å². The summed E-state index contributed by atoms with van der Waals surface area (Å²) in [5, 5.41) is 13.2. The highest BCUT2D eigenvalue weighted by molar-refractivity contribution is 8.01. The molecule has 3 N–H and O–H groups in total. The number of benzene rings is 3. The van der Waals surface area contributed by atoms with Gasteiger partial charge in [-0.2, -0.15) is 0 Å². The molecule has 0 saturated carbocycles. The van der Waals surface area contributed by atoms with Gasteiger partial charge in [0.2, 0.25) is 17.0 Å². The van der Waals surface area contributed by atoms with Crippen LogP contribution in [0.2, 0.25) is 0 Å². The molecule has 0 aliphatic carbocycles. The average Bonchev–Trinajstić information content (AvgIpc) is 3.68. The molecule has 0 atom stereocenters. The number of amides is 2. The average molecular weight is 677 g/mol. The Bertz CT molecular complexity index is 1830. The smallest absolute Gasteiger partial charge is 0.337 e. The van der Waals surface area contributed by atoms with Gasteiger partial charge in [-0.25, -0.2) is 14.8 Å². The molecule has 0 fully saturated rings. The number of thioether (sulfide) groups is 2. The number of nitrogens with zero attached hydrogens (tertiary/aromatic N) is 3. The second kappa shape index (κ2) is 14.8. The standard InChI is InChI=1S/C32H32N6O5S3/c1-32(2,3)20-7-12-23(13-8-20)43-16-26-36-30(38-37-26)44-17-27(39)34-22-11-14-24-25(15-22)46-31(35-24)45-18-28(40)33-21-9-5-19(6-10-21)29(41)42-4/h5-15H,16-18H2,1-4H3,(H,33,40)(H,34,39)(H,36,37,38). The number of fused-ring (bicyclic) bond motifs is 1. The van der Waals surface area contributed by atoms with Crippen LogP contribution in [0, 0.1) is 0 Å². The number of hydrogen-bond donors (Lipinski definition) is 3. The van der Waals surface area contributed by atoms with E-state index in [2.05, 4.69) is 68.4 Å². The number of ether oxygens (including phenoxy) is 2. The van der Waals surface area contributed by atoms with Gasteiger partial charge in [0.15, 0.2) is 10.2 Å². The lowest BCUT2D eigenvalue weighted by Gasteiger charge is -2.19. The first-order valence-corrected chi connectivity index (χ1v) is 16.9. The number of thiazole rings is 1. The topological polar surface area (TPSA) is 148 Å². The first kappa shape index (κ1) is 33.0. The van der Waals surface area contributed by atoms with E-state index in [1.54, 1.807) is 30.3 Å². The van der Waals surface area contributed by atoms with Gasteiger partial charge in [0, 0.05) is 11.4 Å². The van der Waals surface area contributed by atoms with Crippen LogP contribution in [0.1, 0.15) is 42.5 Å². The van der Waals surface area contributed by atoms with E-state index in [1.165, 1.54) is 47.5 Å². The lowest BCUT2D eigenvalue weighted by molar-refractivity contribution is -0.114.